The van der Waals surface area contributed by atoms with Crippen LogP contribution in [0.3, 0.4) is 0 Å². The van der Waals surface area contributed by atoms with E-state index in [1.807, 2.05) is 25.1 Å². The predicted octanol–water partition coefficient (Wildman–Crippen LogP) is 3.38. The second-order valence-corrected chi connectivity index (χ2v) is 4.45. The summed E-state index contributed by atoms with van der Waals surface area (Å²) in [5.41, 5.74) is 1.16. The van der Waals surface area contributed by atoms with Crippen LogP contribution >= 0.6 is 28.1 Å². The molecule has 2 rings (SSSR count). The van der Waals surface area contributed by atoms with Crippen molar-refractivity contribution < 1.29 is 9.15 Å². The Hall–Kier alpha value is -1.14. The fourth-order valence-electron chi connectivity index (χ4n) is 1.18. The number of benzene rings is 1. The van der Waals surface area contributed by atoms with E-state index in [9.17, 15) is 0 Å². The first kappa shape index (κ1) is 11.3. The standard InChI is InChI=1S/C10H9BrN2O2S/c1-6-2-3-8(7(11)4-6)14-5-9-12-13-10(16)15-9/h2-4H,5H2,1H3,(H,13,16). The zero-order valence-electron chi connectivity index (χ0n) is 8.49. The Morgan fingerprint density at radius 1 is 1.56 bits per heavy atom. The molecule has 0 aliphatic carbocycles. The summed E-state index contributed by atoms with van der Waals surface area (Å²) >= 11 is 8.18. The second kappa shape index (κ2) is 4.80. The van der Waals surface area contributed by atoms with Crippen LogP contribution in [0.5, 0.6) is 5.75 Å². The Morgan fingerprint density at radius 3 is 3.00 bits per heavy atom. The second-order valence-electron chi connectivity index (χ2n) is 3.23. The average Bonchev–Trinajstić information content (AvgIpc) is 2.63. The van der Waals surface area contributed by atoms with Gasteiger partial charge in [-0.1, -0.05) is 6.07 Å². The highest BCUT2D eigenvalue weighted by atomic mass is 79.9. The van der Waals surface area contributed by atoms with Gasteiger partial charge in [-0.25, -0.2) is 5.10 Å². The van der Waals surface area contributed by atoms with Crippen LogP contribution in [0, 0.1) is 11.8 Å². The number of ether oxygens (including phenoxy) is 1. The lowest BCUT2D eigenvalue weighted by atomic mass is 10.2. The summed E-state index contributed by atoms with van der Waals surface area (Å²) in [6.45, 7) is 2.26. The van der Waals surface area contributed by atoms with Gasteiger partial charge in [-0.3, -0.25) is 0 Å². The third-order valence-electron chi connectivity index (χ3n) is 1.92. The topological polar surface area (TPSA) is 51.0 Å². The molecule has 4 nitrogen and oxygen atoms in total. The lowest BCUT2D eigenvalue weighted by Gasteiger charge is -2.06. The van der Waals surface area contributed by atoms with Crippen LogP contribution in [0.25, 0.3) is 0 Å². The van der Waals surface area contributed by atoms with Crippen molar-refractivity contribution in [2.24, 2.45) is 0 Å². The number of aryl methyl sites for hydroxylation is 1. The number of hydrogen-bond donors (Lipinski definition) is 1. The third-order valence-corrected chi connectivity index (χ3v) is 2.72. The molecule has 0 spiro atoms. The smallest absolute Gasteiger partial charge is 0.284 e. The van der Waals surface area contributed by atoms with Crippen LogP contribution in [0.4, 0.5) is 0 Å². The minimum absolute atomic E-state index is 0.245. The molecule has 1 aromatic heterocycles. The molecule has 0 saturated heterocycles. The normalized spacial score (nSPS) is 10.4. The zero-order valence-corrected chi connectivity index (χ0v) is 10.9. The van der Waals surface area contributed by atoms with E-state index >= 15 is 0 Å². The lowest BCUT2D eigenvalue weighted by molar-refractivity contribution is 0.260. The van der Waals surface area contributed by atoms with Crippen molar-refractivity contribution in [3.63, 3.8) is 0 Å². The summed E-state index contributed by atoms with van der Waals surface area (Å²) in [6, 6.07) is 5.84. The lowest BCUT2D eigenvalue weighted by Crippen LogP contribution is -1.96. The van der Waals surface area contributed by atoms with Gasteiger partial charge >= 0.3 is 0 Å². The van der Waals surface area contributed by atoms with Gasteiger partial charge in [0.2, 0.25) is 0 Å². The molecule has 0 saturated carbocycles. The predicted molar refractivity (Wildman–Crippen MR) is 64.9 cm³/mol. The van der Waals surface area contributed by atoms with E-state index in [0.29, 0.717) is 5.89 Å². The SMILES string of the molecule is Cc1ccc(OCc2n[nH]c(=S)o2)c(Br)c1. The Morgan fingerprint density at radius 2 is 2.38 bits per heavy atom. The first-order chi connectivity index (χ1) is 7.65. The van der Waals surface area contributed by atoms with Gasteiger partial charge in [-0.15, -0.1) is 5.10 Å². The maximum absolute atomic E-state index is 5.52. The van der Waals surface area contributed by atoms with Crippen LogP contribution in [0.2, 0.25) is 0 Å². The number of hydrogen-bond acceptors (Lipinski definition) is 4. The van der Waals surface area contributed by atoms with Crippen LogP contribution in [-0.4, -0.2) is 10.2 Å². The minimum atomic E-state index is 0.245. The van der Waals surface area contributed by atoms with Crippen molar-refractivity contribution in [2.45, 2.75) is 13.5 Å². The molecule has 0 atom stereocenters. The van der Waals surface area contributed by atoms with Crippen molar-refractivity contribution >= 4 is 28.1 Å². The van der Waals surface area contributed by atoms with E-state index < -0.39 is 0 Å². The van der Waals surface area contributed by atoms with Gasteiger partial charge in [0, 0.05) is 0 Å². The van der Waals surface area contributed by atoms with Crippen LogP contribution in [0.15, 0.2) is 27.1 Å². The summed E-state index contributed by atoms with van der Waals surface area (Å²) in [5, 5.41) is 6.38. The number of rotatable bonds is 3. The molecular weight excluding hydrogens is 292 g/mol. The molecule has 1 N–H and O–H groups in total. The quantitative estimate of drug-likeness (QED) is 0.883. The monoisotopic (exact) mass is 300 g/mol. The van der Waals surface area contributed by atoms with Crippen molar-refractivity contribution in [2.75, 3.05) is 0 Å². The molecule has 84 valence electrons. The maximum atomic E-state index is 5.52. The molecule has 16 heavy (non-hydrogen) atoms. The average molecular weight is 301 g/mol. The van der Waals surface area contributed by atoms with Gasteiger partial charge in [-0.2, -0.15) is 0 Å². The molecule has 1 aromatic carbocycles. The molecule has 0 bridgehead atoms. The maximum Gasteiger partial charge on any atom is 0.284 e. The number of aromatic amines is 1. The summed E-state index contributed by atoms with van der Waals surface area (Å²) < 4.78 is 11.5. The van der Waals surface area contributed by atoms with E-state index in [1.165, 1.54) is 0 Å². The van der Waals surface area contributed by atoms with Gasteiger partial charge in [-0.05, 0) is 52.8 Å². The number of nitrogens with zero attached hydrogens (tertiary/aromatic N) is 1. The van der Waals surface area contributed by atoms with Gasteiger partial charge in [0.1, 0.15) is 5.75 Å². The highest BCUT2D eigenvalue weighted by Gasteiger charge is 2.04. The number of H-pyrrole nitrogens is 1. The molecule has 0 aliphatic rings. The van der Waals surface area contributed by atoms with Gasteiger partial charge in [0.25, 0.3) is 10.7 Å². The summed E-state index contributed by atoms with van der Waals surface area (Å²) in [6.07, 6.45) is 0. The van der Waals surface area contributed by atoms with Crippen molar-refractivity contribution in [3.05, 3.63) is 39.0 Å². The first-order valence-electron chi connectivity index (χ1n) is 4.58. The molecule has 6 heteroatoms. The van der Waals surface area contributed by atoms with Crippen LogP contribution < -0.4 is 4.74 Å². The summed E-state index contributed by atoms with van der Waals surface area (Å²) in [4.78, 5) is 0.251. The van der Waals surface area contributed by atoms with E-state index in [-0.39, 0.29) is 11.4 Å². The Balaban J connectivity index is 2.07. The van der Waals surface area contributed by atoms with Gasteiger partial charge < -0.3 is 9.15 Å². The molecule has 2 aromatic rings. The highest BCUT2D eigenvalue weighted by Crippen LogP contribution is 2.26. The Kier molecular flexibility index (Phi) is 3.40. The van der Waals surface area contributed by atoms with E-state index in [1.54, 1.807) is 0 Å². The third kappa shape index (κ3) is 2.70. The molecule has 1 heterocycles. The molecular formula is C10H9BrN2O2S. The summed E-state index contributed by atoms with van der Waals surface area (Å²) in [5.74, 6) is 1.17. The number of aromatic nitrogens is 2. The van der Waals surface area contributed by atoms with E-state index in [2.05, 4.69) is 26.1 Å². The number of nitrogens with one attached hydrogen (secondary N) is 1. The molecule has 0 fully saturated rings. The van der Waals surface area contributed by atoms with Crippen LogP contribution in [0.1, 0.15) is 11.5 Å². The van der Waals surface area contributed by atoms with E-state index in [4.69, 9.17) is 21.4 Å². The fraction of sp³-hybridized carbons (Fsp3) is 0.200. The Labute approximate surface area is 106 Å². The zero-order chi connectivity index (χ0) is 11.5. The minimum Gasteiger partial charge on any atom is -0.483 e. The largest absolute Gasteiger partial charge is 0.483 e. The fourth-order valence-corrected chi connectivity index (χ4v) is 1.93. The summed E-state index contributed by atoms with van der Waals surface area (Å²) in [7, 11) is 0. The molecule has 0 radical (unpaired) electrons. The Bertz CT molecular complexity index is 550. The molecule has 0 unspecified atom stereocenters. The van der Waals surface area contributed by atoms with Crippen LogP contribution in [-0.2, 0) is 6.61 Å². The van der Waals surface area contributed by atoms with Gasteiger partial charge in [0.15, 0.2) is 6.61 Å². The molecule has 0 amide bonds. The number of halogens is 1. The highest BCUT2D eigenvalue weighted by molar-refractivity contribution is 9.10. The van der Waals surface area contributed by atoms with Crippen molar-refractivity contribution in [1.82, 2.24) is 10.2 Å². The van der Waals surface area contributed by atoms with E-state index in [0.717, 1.165) is 15.8 Å². The van der Waals surface area contributed by atoms with Gasteiger partial charge in [0.05, 0.1) is 4.47 Å². The van der Waals surface area contributed by atoms with Crippen molar-refractivity contribution in [1.29, 1.82) is 0 Å². The molecule has 0 aliphatic heterocycles. The van der Waals surface area contributed by atoms with Crippen molar-refractivity contribution in [3.8, 4) is 5.75 Å². The first-order valence-corrected chi connectivity index (χ1v) is 5.78.